The molecular formula is C14H23NO2. The third-order valence-corrected chi connectivity index (χ3v) is 2.11. The number of unbranched alkanes of at least 4 members (excludes halogenated alkanes) is 2. The molecule has 0 aromatic heterocycles. The molecule has 3 nitrogen and oxygen atoms in total. The van der Waals surface area contributed by atoms with Crippen LogP contribution in [0.3, 0.4) is 0 Å². The fourth-order valence-corrected chi connectivity index (χ4v) is 1.33. The van der Waals surface area contributed by atoms with Crippen molar-refractivity contribution in [1.82, 2.24) is 0 Å². The molecule has 0 aliphatic rings. The lowest BCUT2D eigenvalue weighted by molar-refractivity contribution is -0.143. The van der Waals surface area contributed by atoms with Crippen molar-refractivity contribution >= 4 is 11.7 Å². The summed E-state index contributed by atoms with van der Waals surface area (Å²) < 4.78 is 4.86. The largest absolute Gasteiger partial charge is 0.466 e. The number of nitrogens with zero attached hydrogens (tertiary/aromatic N) is 1. The Hall–Kier alpha value is -1.30. The van der Waals surface area contributed by atoms with Gasteiger partial charge in [-0.05, 0) is 27.2 Å². The van der Waals surface area contributed by atoms with Gasteiger partial charge in [-0.3, -0.25) is 9.79 Å². The van der Waals surface area contributed by atoms with E-state index < -0.39 is 0 Å². The molecule has 0 fully saturated rings. The zero-order valence-electron chi connectivity index (χ0n) is 11.4. The van der Waals surface area contributed by atoms with Gasteiger partial charge in [-0.1, -0.05) is 25.2 Å². The molecule has 17 heavy (non-hydrogen) atoms. The van der Waals surface area contributed by atoms with E-state index in [-0.39, 0.29) is 12.0 Å². The van der Waals surface area contributed by atoms with Crippen LogP contribution in [0.25, 0.3) is 0 Å². The highest BCUT2D eigenvalue weighted by Gasteiger charge is 2.07. The molecule has 3 heteroatoms. The van der Waals surface area contributed by atoms with Crippen LogP contribution < -0.4 is 0 Å². The first-order chi connectivity index (χ1) is 8.10. The average molecular weight is 237 g/mol. The van der Waals surface area contributed by atoms with E-state index in [0.717, 1.165) is 25.0 Å². The third-order valence-electron chi connectivity index (χ3n) is 2.11. The second kappa shape index (κ2) is 9.89. The summed E-state index contributed by atoms with van der Waals surface area (Å²) in [6.07, 6.45) is 3.51. The van der Waals surface area contributed by atoms with E-state index in [4.69, 9.17) is 4.74 Å². The van der Waals surface area contributed by atoms with Crippen molar-refractivity contribution in [1.29, 1.82) is 0 Å². The van der Waals surface area contributed by atoms with E-state index in [1.54, 1.807) is 6.92 Å². The molecule has 1 unspecified atom stereocenters. The lowest BCUT2D eigenvalue weighted by atomic mass is 10.2. The summed E-state index contributed by atoms with van der Waals surface area (Å²) in [6.45, 7) is 8.14. The van der Waals surface area contributed by atoms with Crippen LogP contribution in [0.15, 0.2) is 4.99 Å². The van der Waals surface area contributed by atoms with Crippen molar-refractivity contribution in [3.8, 4) is 11.8 Å². The van der Waals surface area contributed by atoms with Gasteiger partial charge >= 0.3 is 5.97 Å². The van der Waals surface area contributed by atoms with Crippen LogP contribution in [0, 0.1) is 11.8 Å². The van der Waals surface area contributed by atoms with Crippen molar-refractivity contribution in [3.63, 3.8) is 0 Å². The Morgan fingerprint density at radius 3 is 2.71 bits per heavy atom. The van der Waals surface area contributed by atoms with Gasteiger partial charge in [0.05, 0.1) is 24.8 Å². The quantitative estimate of drug-likeness (QED) is 0.308. The molecule has 0 aliphatic carbocycles. The maximum atomic E-state index is 11.2. The fraction of sp³-hybridized carbons (Fsp3) is 0.714. The Kier molecular flexibility index (Phi) is 9.14. The second-order valence-electron chi connectivity index (χ2n) is 3.98. The van der Waals surface area contributed by atoms with E-state index >= 15 is 0 Å². The zero-order valence-corrected chi connectivity index (χ0v) is 11.4. The highest BCUT2D eigenvalue weighted by Crippen LogP contribution is 2.00. The van der Waals surface area contributed by atoms with E-state index in [2.05, 4.69) is 23.8 Å². The predicted molar refractivity (Wildman–Crippen MR) is 71.1 cm³/mol. The maximum absolute atomic E-state index is 11.2. The first-order valence-electron chi connectivity index (χ1n) is 6.29. The summed E-state index contributed by atoms with van der Waals surface area (Å²) in [6, 6.07) is -0.0606. The number of aliphatic imine (C=N–C) groups is 1. The van der Waals surface area contributed by atoms with Crippen LogP contribution in [-0.2, 0) is 9.53 Å². The summed E-state index contributed by atoms with van der Waals surface area (Å²) in [7, 11) is 0. The average Bonchev–Trinajstić information content (AvgIpc) is 2.24. The lowest BCUT2D eigenvalue weighted by Crippen LogP contribution is -2.12. The number of hydrogen-bond acceptors (Lipinski definition) is 3. The molecule has 0 rings (SSSR count). The van der Waals surface area contributed by atoms with Crippen molar-refractivity contribution in [3.05, 3.63) is 0 Å². The van der Waals surface area contributed by atoms with Crippen LogP contribution in [-0.4, -0.2) is 24.3 Å². The summed E-state index contributed by atoms with van der Waals surface area (Å²) >= 11 is 0. The second-order valence-corrected chi connectivity index (χ2v) is 3.98. The van der Waals surface area contributed by atoms with Gasteiger partial charge in [-0.25, -0.2) is 0 Å². The molecule has 96 valence electrons. The number of esters is 1. The van der Waals surface area contributed by atoms with Gasteiger partial charge in [0.1, 0.15) is 0 Å². The van der Waals surface area contributed by atoms with Gasteiger partial charge < -0.3 is 4.74 Å². The summed E-state index contributed by atoms with van der Waals surface area (Å²) in [5, 5.41) is 0. The Labute approximate surface area is 105 Å². The van der Waals surface area contributed by atoms with Crippen LogP contribution >= 0.6 is 0 Å². The molecule has 0 saturated carbocycles. The van der Waals surface area contributed by atoms with Crippen LogP contribution in [0.5, 0.6) is 0 Å². The minimum Gasteiger partial charge on any atom is -0.466 e. The molecule has 0 aliphatic heterocycles. The highest BCUT2D eigenvalue weighted by atomic mass is 16.5. The molecule has 1 atom stereocenters. The van der Waals surface area contributed by atoms with E-state index in [1.165, 1.54) is 0 Å². The van der Waals surface area contributed by atoms with Crippen molar-refractivity contribution in [2.24, 2.45) is 4.99 Å². The molecule has 0 radical (unpaired) electrons. The molecule has 0 heterocycles. The molecule has 0 bridgehead atoms. The number of carbonyl (C=O) groups excluding carboxylic acids is 1. The van der Waals surface area contributed by atoms with E-state index in [0.29, 0.717) is 13.0 Å². The molecule has 0 spiro atoms. The molecule has 0 aromatic rings. The van der Waals surface area contributed by atoms with Crippen molar-refractivity contribution in [2.45, 2.75) is 59.4 Å². The Morgan fingerprint density at radius 2 is 2.12 bits per heavy atom. The van der Waals surface area contributed by atoms with Crippen molar-refractivity contribution < 1.29 is 9.53 Å². The number of carbonyl (C=O) groups is 1. The maximum Gasteiger partial charge on any atom is 0.307 e. The van der Waals surface area contributed by atoms with Gasteiger partial charge in [-0.2, -0.15) is 0 Å². The van der Waals surface area contributed by atoms with Gasteiger partial charge in [0.15, 0.2) is 0 Å². The number of ether oxygens (including phenoxy) is 1. The smallest absolute Gasteiger partial charge is 0.307 e. The summed E-state index contributed by atoms with van der Waals surface area (Å²) in [4.78, 5) is 15.5. The van der Waals surface area contributed by atoms with Crippen LogP contribution in [0.1, 0.15) is 53.4 Å². The normalized spacial score (nSPS) is 12.6. The Balaban J connectivity index is 4.07. The molecule has 0 saturated heterocycles. The minimum atomic E-state index is -0.199. The van der Waals surface area contributed by atoms with E-state index in [1.807, 2.05) is 13.8 Å². The standard InChI is InChI=1S/C14H23NO2/c1-5-7-8-9-10-12(3)15-13(4)11-14(16)17-6-2/h13H,5-8,11H2,1-4H3. The van der Waals surface area contributed by atoms with Crippen molar-refractivity contribution in [2.75, 3.05) is 6.61 Å². The monoisotopic (exact) mass is 237 g/mol. The summed E-state index contributed by atoms with van der Waals surface area (Å²) in [5.41, 5.74) is 0.790. The lowest BCUT2D eigenvalue weighted by Gasteiger charge is -2.05. The topological polar surface area (TPSA) is 38.7 Å². The van der Waals surface area contributed by atoms with Gasteiger partial charge in [0.25, 0.3) is 0 Å². The zero-order chi connectivity index (χ0) is 13.1. The van der Waals surface area contributed by atoms with Gasteiger partial charge in [-0.15, -0.1) is 0 Å². The van der Waals surface area contributed by atoms with Gasteiger partial charge in [0.2, 0.25) is 0 Å². The first-order valence-corrected chi connectivity index (χ1v) is 6.29. The van der Waals surface area contributed by atoms with E-state index in [9.17, 15) is 4.79 Å². The molecule has 0 aromatic carbocycles. The molecular weight excluding hydrogens is 214 g/mol. The van der Waals surface area contributed by atoms with Crippen LogP contribution in [0.4, 0.5) is 0 Å². The SMILES string of the molecule is CCCCC#CC(C)=NC(C)CC(=O)OCC. The molecule has 0 N–H and O–H groups in total. The third kappa shape index (κ3) is 9.62. The minimum absolute atomic E-state index is 0.0606. The number of rotatable bonds is 6. The van der Waals surface area contributed by atoms with Crippen LogP contribution in [0.2, 0.25) is 0 Å². The van der Waals surface area contributed by atoms with Gasteiger partial charge in [0, 0.05) is 6.42 Å². The highest BCUT2D eigenvalue weighted by molar-refractivity contribution is 5.98. The molecule has 0 amide bonds. The predicted octanol–water partition coefficient (Wildman–Crippen LogP) is 2.98. The fourth-order valence-electron chi connectivity index (χ4n) is 1.33. The number of hydrogen-bond donors (Lipinski definition) is 0. The first kappa shape index (κ1) is 15.7. The summed E-state index contributed by atoms with van der Waals surface area (Å²) in [5.74, 6) is 5.88. The Morgan fingerprint density at radius 1 is 1.41 bits per heavy atom. The Bertz CT molecular complexity index is 310.